The molecule has 38 heavy (non-hydrogen) atoms. The lowest BCUT2D eigenvalue weighted by Crippen LogP contribution is -2.15. The minimum absolute atomic E-state index is 0.242. The van der Waals surface area contributed by atoms with Crippen molar-refractivity contribution in [3.63, 3.8) is 0 Å². The van der Waals surface area contributed by atoms with Gasteiger partial charge in [0.05, 0.1) is 5.69 Å². The lowest BCUT2D eigenvalue weighted by molar-refractivity contribution is 0.0462. The molecule has 0 radical (unpaired) electrons. The standard InChI is InChI=1S/C30H21ClFN3O3/c1-19-7-16-25(17-26(19)31)35-29(23-12-14-24(32)15-13-23)33-28(34-35)30(37)38-18-27(36)22-10-8-21(9-11-22)20-5-3-2-4-6-20/h2-17H,18H2,1H3. The van der Waals surface area contributed by atoms with Crippen molar-refractivity contribution in [2.24, 2.45) is 0 Å². The Morgan fingerprint density at radius 1 is 0.868 bits per heavy atom. The van der Waals surface area contributed by atoms with E-state index in [1.165, 1.54) is 28.9 Å². The Morgan fingerprint density at radius 2 is 1.53 bits per heavy atom. The molecule has 4 aromatic carbocycles. The van der Waals surface area contributed by atoms with E-state index in [2.05, 4.69) is 10.1 Å². The number of aromatic nitrogens is 3. The molecule has 0 aliphatic heterocycles. The maximum absolute atomic E-state index is 13.5. The first-order valence-corrected chi connectivity index (χ1v) is 12.1. The molecule has 0 saturated heterocycles. The number of hydrogen-bond acceptors (Lipinski definition) is 5. The zero-order valence-corrected chi connectivity index (χ0v) is 21.0. The molecule has 0 saturated carbocycles. The molecule has 5 rings (SSSR count). The summed E-state index contributed by atoms with van der Waals surface area (Å²) in [5, 5.41) is 4.82. The number of esters is 1. The number of carbonyl (C=O) groups is 2. The van der Waals surface area contributed by atoms with Gasteiger partial charge >= 0.3 is 5.97 Å². The summed E-state index contributed by atoms with van der Waals surface area (Å²) in [5.41, 5.74) is 4.38. The molecule has 0 unspecified atom stereocenters. The van der Waals surface area contributed by atoms with Gasteiger partial charge in [0.2, 0.25) is 0 Å². The molecule has 6 nitrogen and oxygen atoms in total. The second kappa shape index (κ2) is 10.8. The van der Waals surface area contributed by atoms with E-state index in [1.54, 1.807) is 24.3 Å². The average molecular weight is 526 g/mol. The number of ketones is 1. The van der Waals surface area contributed by atoms with Crippen LogP contribution in [0, 0.1) is 12.7 Å². The van der Waals surface area contributed by atoms with Crippen LogP contribution in [0.25, 0.3) is 28.2 Å². The molecule has 1 heterocycles. The monoisotopic (exact) mass is 525 g/mol. The first kappa shape index (κ1) is 25.0. The van der Waals surface area contributed by atoms with Crippen molar-refractivity contribution in [1.29, 1.82) is 0 Å². The van der Waals surface area contributed by atoms with Gasteiger partial charge < -0.3 is 4.74 Å². The number of carbonyl (C=O) groups excluding carboxylic acids is 2. The smallest absolute Gasteiger partial charge is 0.378 e. The van der Waals surface area contributed by atoms with Crippen molar-refractivity contribution >= 4 is 23.4 Å². The number of nitrogens with zero attached hydrogens (tertiary/aromatic N) is 3. The lowest BCUT2D eigenvalue weighted by atomic mass is 10.0. The highest BCUT2D eigenvalue weighted by atomic mass is 35.5. The van der Waals surface area contributed by atoms with Gasteiger partial charge in [-0.25, -0.2) is 18.9 Å². The van der Waals surface area contributed by atoms with Crippen LogP contribution in [0.3, 0.4) is 0 Å². The van der Waals surface area contributed by atoms with Gasteiger partial charge in [0, 0.05) is 16.1 Å². The van der Waals surface area contributed by atoms with E-state index in [4.69, 9.17) is 16.3 Å². The topological polar surface area (TPSA) is 74.1 Å². The highest BCUT2D eigenvalue weighted by molar-refractivity contribution is 6.31. The Hall–Kier alpha value is -4.62. The number of Topliss-reactive ketones (excluding diaryl/α,β-unsaturated/α-hetero) is 1. The minimum atomic E-state index is -0.862. The van der Waals surface area contributed by atoms with Gasteiger partial charge in [-0.15, -0.1) is 5.10 Å². The number of benzene rings is 4. The van der Waals surface area contributed by atoms with Crippen LogP contribution >= 0.6 is 11.6 Å². The molecule has 188 valence electrons. The first-order chi connectivity index (χ1) is 18.4. The Morgan fingerprint density at radius 3 is 2.21 bits per heavy atom. The SMILES string of the molecule is Cc1ccc(-n2nc(C(=O)OCC(=O)c3ccc(-c4ccccc4)cc3)nc2-c2ccc(F)cc2)cc1Cl. The van der Waals surface area contributed by atoms with Crippen LogP contribution in [0.5, 0.6) is 0 Å². The van der Waals surface area contributed by atoms with Gasteiger partial charge in [-0.05, 0) is 60.0 Å². The average Bonchev–Trinajstić information content (AvgIpc) is 3.40. The second-order valence-electron chi connectivity index (χ2n) is 8.55. The van der Waals surface area contributed by atoms with Crippen molar-refractivity contribution in [3.05, 3.63) is 125 Å². The molecule has 1 aromatic heterocycles. The summed E-state index contributed by atoms with van der Waals surface area (Å²) < 4.78 is 20.2. The van der Waals surface area contributed by atoms with Crippen molar-refractivity contribution in [1.82, 2.24) is 14.8 Å². The summed E-state index contributed by atoms with van der Waals surface area (Å²) in [6.07, 6.45) is 0. The Bertz CT molecular complexity index is 1620. The van der Waals surface area contributed by atoms with Crippen molar-refractivity contribution in [2.75, 3.05) is 6.61 Å². The van der Waals surface area contributed by atoms with Crippen LogP contribution in [0.1, 0.15) is 26.5 Å². The van der Waals surface area contributed by atoms with Crippen LogP contribution in [-0.4, -0.2) is 33.1 Å². The van der Waals surface area contributed by atoms with E-state index in [0.29, 0.717) is 27.7 Å². The predicted molar refractivity (Wildman–Crippen MR) is 143 cm³/mol. The summed E-state index contributed by atoms with van der Waals surface area (Å²) in [7, 11) is 0. The largest absolute Gasteiger partial charge is 0.451 e. The van der Waals surface area contributed by atoms with Crippen LogP contribution in [0.15, 0.2) is 97.1 Å². The third-order valence-corrected chi connectivity index (χ3v) is 6.35. The molecule has 0 aliphatic carbocycles. The highest BCUT2D eigenvalue weighted by Gasteiger charge is 2.21. The van der Waals surface area contributed by atoms with Crippen LogP contribution in [0.4, 0.5) is 4.39 Å². The molecule has 0 amide bonds. The quantitative estimate of drug-likeness (QED) is 0.174. The second-order valence-corrected chi connectivity index (χ2v) is 8.96. The maximum Gasteiger partial charge on any atom is 0.378 e. The number of aryl methyl sites for hydroxylation is 1. The van der Waals surface area contributed by atoms with Gasteiger partial charge in [0.25, 0.3) is 5.82 Å². The fraction of sp³-hybridized carbons (Fsp3) is 0.0667. The molecule has 0 bridgehead atoms. The Labute approximate surface area is 223 Å². The van der Waals surface area contributed by atoms with Gasteiger partial charge in [-0.3, -0.25) is 4.79 Å². The number of rotatable bonds is 7. The summed E-state index contributed by atoms with van der Waals surface area (Å²) in [4.78, 5) is 29.8. The third-order valence-electron chi connectivity index (χ3n) is 5.94. The van der Waals surface area contributed by atoms with Crippen LogP contribution < -0.4 is 0 Å². The maximum atomic E-state index is 13.5. The number of halogens is 2. The minimum Gasteiger partial charge on any atom is -0.451 e. The fourth-order valence-electron chi connectivity index (χ4n) is 3.84. The van der Waals surface area contributed by atoms with Crippen molar-refractivity contribution < 1.29 is 18.7 Å². The Balaban J connectivity index is 1.35. The van der Waals surface area contributed by atoms with Gasteiger partial charge in [-0.1, -0.05) is 72.3 Å². The summed E-state index contributed by atoms with van der Waals surface area (Å²) in [5.74, 6) is -1.58. The van der Waals surface area contributed by atoms with Crippen LogP contribution in [0.2, 0.25) is 5.02 Å². The normalized spacial score (nSPS) is 10.8. The predicted octanol–water partition coefficient (Wildman–Crippen LogP) is 6.74. The van der Waals surface area contributed by atoms with E-state index < -0.39 is 18.4 Å². The van der Waals surface area contributed by atoms with E-state index in [1.807, 2.05) is 55.5 Å². The molecule has 5 aromatic rings. The van der Waals surface area contributed by atoms with Gasteiger partial charge in [0.15, 0.2) is 18.2 Å². The van der Waals surface area contributed by atoms with E-state index >= 15 is 0 Å². The molecular formula is C30H21ClFN3O3. The highest BCUT2D eigenvalue weighted by Crippen LogP contribution is 2.25. The molecule has 0 N–H and O–H groups in total. The van der Waals surface area contributed by atoms with Crippen molar-refractivity contribution in [3.8, 4) is 28.2 Å². The zero-order valence-electron chi connectivity index (χ0n) is 20.3. The van der Waals surface area contributed by atoms with E-state index in [-0.39, 0.29) is 11.6 Å². The van der Waals surface area contributed by atoms with Crippen molar-refractivity contribution in [2.45, 2.75) is 6.92 Å². The molecule has 0 atom stereocenters. The molecule has 8 heteroatoms. The molecular weight excluding hydrogens is 505 g/mol. The Kier molecular flexibility index (Phi) is 7.11. The van der Waals surface area contributed by atoms with E-state index in [9.17, 15) is 14.0 Å². The summed E-state index contributed by atoms with van der Waals surface area (Å²) in [6, 6.07) is 27.8. The number of hydrogen-bond donors (Lipinski definition) is 0. The summed E-state index contributed by atoms with van der Waals surface area (Å²) in [6.45, 7) is 1.39. The third kappa shape index (κ3) is 5.38. The number of ether oxygens (including phenoxy) is 1. The fourth-order valence-corrected chi connectivity index (χ4v) is 4.01. The van der Waals surface area contributed by atoms with Crippen LogP contribution in [-0.2, 0) is 4.74 Å². The van der Waals surface area contributed by atoms with Gasteiger partial charge in [0.1, 0.15) is 5.82 Å². The molecule has 0 spiro atoms. The first-order valence-electron chi connectivity index (χ1n) is 11.7. The van der Waals surface area contributed by atoms with E-state index in [0.717, 1.165) is 16.7 Å². The lowest BCUT2D eigenvalue weighted by Gasteiger charge is -2.07. The zero-order chi connectivity index (χ0) is 26.6. The molecule has 0 aliphatic rings. The molecule has 0 fully saturated rings. The summed E-state index contributed by atoms with van der Waals surface area (Å²) >= 11 is 6.30. The van der Waals surface area contributed by atoms with Gasteiger partial charge in [-0.2, -0.15) is 0 Å².